The minimum atomic E-state index is 0.0825. The van der Waals surface area contributed by atoms with Crippen molar-refractivity contribution in [3.05, 3.63) is 35.4 Å². The molecule has 1 aliphatic heterocycles. The van der Waals surface area contributed by atoms with E-state index in [-0.39, 0.29) is 5.91 Å². The van der Waals surface area contributed by atoms with Crippen LogP contribution in [0.5, 0.6) is 5.75 Å². The van der Waals surface area contributed by atoms with Crippen LogP contribution in [0.1, 0.15) is 12.5 Å². The summed E-state index contributed by atoms with van der Waals surface area (Å²) in [6.45, 7) is 4.45. The van der Waals surface area contributed by atoms with Gasteiger partial charge in [-0.25, -0.2) is 0 Å². The summed E-state index contributed by atoms with van der Waals surface area (Å²) in [5.41, 5.74) is 1.74. The van der Waals surface area contributed by atoms with Crippen LogP contribution in [0.2, 0.25) is 0 Å². The Morgan fingerprint density at radius 3 is 2.47 bits per heavy atom. The topological polar surface area (TPSA) is 38.8 Å². The van der Waals surface area contributed by atoms with Gasteiger partial charge in [-0.05, 0) is 30.7 Å². The quantitative estimate of drug-likeness (QED) is 0.781. The van der Waals surface area contributed by atoms with E-state index >= 15 is 0 Å². The standard InChI is InChI=1S/C15H19NO3/c1-12(15(17)16-7-9-19-10-8-16)11-13-3-5-14(18-2)6-4-13/h3-6,11H,7-10H2,1-2H3/b12-11+. The van der Waals surface area contributed by atoms with Crippen molar-refractivity contribution < 1.29 is 14.3 Å². The van der Waals surface area contributed by atoms with Crippen LogP contribution in [0.15, 0.2) is 29.8 Å². The number of carbonyl (C=O) groups excluding carboxylic acids is 1. The van der Waals surface area contributed by atoms with Crippen LogP contribution in [0.25, 0.3) is 6.08 Å². The molecule has 0 atom stereocenters. The van der Waals surface area contributed by atoms with Crippen LogP contribution in [0.3, 0.4) is 0 Å². The number of hydrogen-bond donors (Lipinski definition) is 0. The zero-order valence-electron chi connectivity index (χ0n) is 11.4. The van der Waals surface area contributed by atoms with E-state index in [9.17, 15) is 4.79 Å². The van der Waals surface area contributed by atoms with E-state index in [0.29, 0.717) is 26.3 Å². The molecule has 0 bridgehead atoms. The fourth-order valence-electron chi connectivity index (χ4n) is 2.03. The van der Waals surface area contributed by atoms with E-state index in [0.717, 1.165) is 16.9 Å². The lowest BCUT2D eigenvalue weighted by Crippen LogP contribution is -2.41. The van der Waals surface area contributed by atoms with Gasteiger partial charge < -0.3 is 14.4 Å². The van der Waals surface area contributed by atoms with E-state index < -0.39 is 0 Å². The minimum Gasteiger partial charge on any atom is -0.497 e. The Labute approximate surface area is 113 Å². The minimum absolute atomic E-state index is 0.0825. The molecule has 0 saturated carbocycles. The van der Waals surface area contributed by atoms with Gasteiger partial charge in [0.2, 0.25) is 5.91 Å². The highest BCUT2D eigenvalue weighted by Gasteiger charge is 2.17. The van der Waals surface area contributed by atoms with E-state index in [4.69, 9.17) is 9.47 Å². The highest BCUT2D eigenvalue weighted by Crippen LogP contribution is 2.15. The first-order valence-electron chi connectivity index (χ1n) is 6.40. The average Bonchev–Trinajstić information content (AvgIpc) is 2.48. The second kappa shape index (κ2) is 6.38. The molecule has 1 amide bonds. The molecule has 4 heteroatoms. The molecule has 1 heterocycles. The fraction of sp³-hybridized carbons (Fsp3) is 0.400. The molecule has 0 spiro atoms. The van der Waals surface area contributed by atoms with Gasteiger partial charge in [0.25, 0.3) is 0 Å². The molecule has 0 unspecified atom stereocenters. The Balaban J connectivity index is 2.05. The van der Waals surface area contributed by atoms with Crippen molar-refractivity contribution >= 4 is 12.0 Å². The highest BCUT2D eigenvalue weighted by molar-refractivity contribution is 5.97. The zero-order chi connectivity index (χ0) is 13.7. The Morgan fingerprint density at radius 1 is 1.26 bits per heavy atom. The van der Waals surface area contributed by atoms with Gasteiger partial charge in [-0.3, -0.25) is 4.79 Å². The number of rotatable bonds is 3. The van der Waals surface area contributed by atoms with Crippen LogP contribution in [0, 0.1) is 0 Å². The fourth-order valence-corrected chi connectivity index (χ4v) is 2.03. The number of ether oxygens (including phenoxy) is 2. The summed E-state index contributed by atoms with van der Waals surface area (Å²) < 4.78 is 10.4. The number of nitrogens with zero attached hydrogens (tertiary/aromatic N) is 1. The number of methoxy groups -OCH3 is 1. The average molecular weight is 261 g/mol. The number of amides is 1. The van der Waals surface area contributed by atoms with Gasteiger partial charge in [-0.15, -0.1) is 0 Å². The normalized spacial score (nSPS) is 16.3. The maximum absolute atomic E-state index is 12.2. The second-order valence-electron chi connectivity index (χ2n) is 4.51. The third kappa shape index (κ3) is 3.58. The molecule has 1 fully saturated rings. The molecule has 19 heavy (non-hydrogen) atoms. The SMILES string of the molecule is COc1ccc(/C=C(\C)C(=O)N2CCOCC2)cc1. The van der Waals surface area contributed by atoms with Gasteiger partial charge >= 0.3 is 0 Å². The van der Waals surface area contributed by atoms with Crippen LogP contribution in [-0.4, -0.2) is 44.2 Å². The van der Waals surface area contributed by atoms with E-state index in [1.54, 1.807) is 7.11 Å². The summed E-state index contributed by atoms with van der Waals surface area (Å²) >= 11 is 0. The first-order chi connectivity index (χ1) is 9.20. The first kappa shape index (κ1) is 13.6. The van der Waals surface area contributed by atoms with Crippen molar-refractivity contribution in [3.63, 3.8) is 0 Å². The first-order valence-corrected chi connectivity index (χ1v) is 6.40. The van der Waals surface area contributed by atoms with Crippen LogP contribution in [0.4, 0.5) is 0 Å². The summed E-state index contributed by atoms with van der Waals surface area (Å²) in [4.78, 5) is 14.0. The smallest absolute Gasteiger partial charge is 0.249 e. The lowest BCUT2D eigenvalue weighted by atomic mass is 10.1. The van der Waals surface area contributed by atoms with Gasteiger partial charge in [-0.2, -0.15) is 0 Å². The monoisotopic (exact) mass is 261 g/mol. The van der Waals surface area contributed by atoms with Crippen molar-refractivity contribution in [1.29, 1.82) is 0 Å². The molecule has 1 saturated heterocycles. The van der Waals surface area contributed by atoms with Gasteiger partial charge in [0, 0.05) is 18.7 Å². The number of morpholine rings is 1. The molecule has 0 aromatic heterocycles. The van der Waals surface area contributed by atoms with Crippen LogP contribution < -0.4 is 4.74 Å². The third-order valence-electron chi connectivity index (χ3n) is 3.13. The molecule has 2 rings (SSSR count). The predicted molar refractivity (Wildman–Crippen MR) is 74.0 cm³/mol. The van der Waals surface area contributed by atoms with Gasteiger partial charge in [0.15, 0.2) is 0 Å². The zero-order valence-corrected chi connectivity index (χ0v) is 11.4. The lowest BCUT2D eigenvalue weighted by molar-refractivity contribution is -0.130. The Kier molecular flexibility index (Phi) is 4.58. The summed E-state index contributed by atoms with van der Waals surface area (Å²) in [5, 5.41) is 0. The highest BCUT2D eigenvalue weighted by atomic mass is 16.5. The Bertz CT molecular complexity index is 459. The van der Waals surface area contributed by atoms with E-state index in [2.05, 4.69) is 0 Å². The van der Waals surface area contributed by atoms with Crippen molar-refractivity contribution in [3.8, 4) is 5.75 Å². The number of hydrogen-bond acceptors (Lipinski definition) is 3. The molecule has 0 radical (unpaired) electrons. The number of benzene rings is 1. The maximum atomic E-state index is 12.2. The second-order valence-corrected chi connectivity index (χ2v) is 4.51. The van der Waals surface area contributed by atoms with Crippen molar-refractivity contribution in [2.45, 2.75) is 6.92 Å². The van der Waals surface area contributed by atoms with Crippen LogP contribution >= 0.6 is 0 Å². The van der Waals surface area contributed by atoms with Crippen molar-refractivity contribution in [1.82, 2.24) is 4.90 Å². The largest absolute Gasteiger partial charge is 0.497 e. The van der Waals surface area contributed by atoms with Gasteiger partial charge in [-0.1, -0.05) is 12.1 Å². The molecule has 102 valence electrons. The molecule has 1 aliphatic rings. The van der Waals surface area contributed by atoms with Gasteiger partial charge in [0.1, 0.15) is 5.75 Å². The summed E-state index contributed by atoms with van der Waals surface area (Å²) in [6, 6.07) is 7.65. The molecule has 1 aromatic carbocycles. The Morgan fingerprint density at radius 2 is 1.89 bits per heavy atom. The molecule has 1 aromatic rings. The van der Waals surface area contributed by atoms with Gasteiger partial charge in [0.05, 0.1) is 20.3 Å². The summed E-state index contributed by atoms with van der Waals surface area (Å²) in [5.74, 6) is 0.897. The molecular formula is C15H19NO3. The van der Waals surface area contributed by atoms with E-state index in [1.807, 2.05) is 42.2 Å². The number of carbonyl (C=O) groups is 1. The van der Waals surface area contributed by atoms with E-state index in [1.165, 1.54) is 0 Å². The third-order valence-corrected chi connectivity index (χ3v) is 3.13. The molecular weight excluding hydrogens is 242 g/mol. The summed E-state index contributed by atoms with van der Waals surface area (Å²) in [6.07, 6.45) is 1.90. The predicted octanol–water partition coefficient (Wildman–Crippen LogP) is 1.96. The lowest BCUT2D eigenvalue weighted by Gasteiger charge is -2.27. The molecule has 4 nitrogen and oxygen atoms in total. The molecule has 0 aliphatic carbocycles. The molecule has 0 N–H and O–H groups in total. The maximum Gasteiger partial charge on any atom is 0.249 e. The van der Waals surface area contributed by atoms with Crippen LogP contribution in [-0.2, 0) is 9.53 Å². The van der Waals surface area contributed by atoms with Crippen molar-refractivity contribution in [2.24, 2.45) is 0 Å². The van der Waals surface area contributed by atoms with Crippen molar-refractivity contribution in [2.75, 3.05) is 33.4 Å². The summed E-state index contributed by atoms with van der Waals surface area (Å²) in [7, 11) is 1.64. The Hall–Kier alpha value is -1.81.